The molecule has 0 N–H and O–H groups in total. The Bertz CT molecular complexity index is 48.3. The predicted molar refractivity (Wildman–Crippen MR) is 48.2 cm³/mol. The van der Waals surface area contributed by atoms with Crippen LogP contribution in [0.25, 0.3) is 0 Å². The topological polar surface area (TPSA) is 0 Å². The van der Waals surface area contributed by atoms with Crippen molar-refractivity contribution in [1.82, 2.24) is 0 Å². The van der Waals surface area contributed by atoms with E-state index in [4.69, 9.17) is 0 Å². The number of hydrogen-bond donors (Lipinski definition) is 0. The van der Waals surface area contributed by atoms with Gasteiger partial charge in [-0.3, -0.25) is 0 Å². The Hall–Kier alpha value is 0. The summed E-state index contributed by atoms with van der Waals surface area (Å²) in [5.41, 5.74) is 0. The summed E-state index contributed by atoms with van der Waals surface area (Å²) in [6.07, 6.45) is 8.57. The van der Waals surface area contributed by atoms with E-state index < -0.39 is 0 Å². The fraction of sp³-hybridized carbons (Fsp3) is 1.00. The van der Waals surface area contributed by atoms with Gasteiger partial charge >= 0.3 is 0 Å². The molecule has 0 saturated heterocycles. The Balaban J connectivity index is 0.000000180. The molecule has 0 aromatic heterocycles. The van der Waals surface area contributed by atoms with Crippen molar-refractivity contribution in [3.63, 3.8) is 0 Å². The van der Waals surface area contributed by atoms with Gasteiger partial charge < -0.3 is 0 Å². The van der Waals surface area contributed by atoms with Crippen LogP contribution in [0.1, 0.15) is 59.3 Å². The van der Waals surface area contributed by atoms with Gasteiger partial charge in [-0.05, 0) is 5.92 Å². The lowest BCUT2D eigenvalue weighted by atomic mass is 9.84. The molecule has 0 aromatic carbocycles. The first-order chi connectivity index (χ1) is 4.85. The van der Waals surface area contributed by atoms with E-state index in [1.54, 1.807) is 0 Å². The minimum Gasteiger partial charge on any atom is -0.0654 e. The number of unbranched alkanes of at least 4 members (excludes halogenated alkanes) is 1. The van der Waals surface area contributed by atoms with Gasteiger partial charge in [-0.25, -0.2) is 0 Å². The second-order valence-corrected chi connectivity index (χ2v) is 3.21. The quantitative estimate of drug-likeness (QED) is 0.546. The van der Waals surface area contributed by atoms with Gasteiger partial charge in [0.05, 0.1) is 0 Å². The van der Waals surface area contributed by atoms with E-state index in [1.165, 1.54) is 38.5 Å². The first-order valence-corrected chi connectivity index (χ1v) is 4.85. The molecule has 0 heterocycles. The van der Waals surface area contributed by atoms with Crippen LogP contribution in [0.2, 0.25) is 0 Å². The molecular formula is C10H22. The standard InChI is InChI=1S/C6H12.C4H10/c1-2-6-4-3-5-6;1-3-4-2/h6H,2-5H2,1H3;3-4H2,1-2H3. The lowest BCUT2D eigenvalue weighted by Crippen LogP contribution is -2.08. The zero-order valence-corrected chi connectivity index (χ0v) is 7.82. The van der Waals surface area contributed by atoms with Crippen molar-refractivity contribution in [3.05, 3.63) is 0 Å². The molecule has 0 aliphatic heterocycles. The Morgan fingerprint density at radius 2 is 1.50 bits per heavy atom. The highest BCUT2D eigenvalue weighted by Gasteiger charge is 2.13. The Kier molecular flexibility index (Phi) is 7.11. The Labute approximate surface area is 66.0 Å². The fourth-order valence-electron chi connectivity index (χ4n) is 0.901. The lowest BCUT2D eigenvalue weighted by Gasteiger charge is -2.22. The largest absolute Gasteiger partial charge is 0.0654 e. The molecule has 0 unspecified atom stereocenters. The van der Waals surface area contributed by atoms with E-state index in [9.17, 15) is 0 Å². The molecule has 1 rings (SSSR count). The van der Waals surface area contributed by atoms with Crippen LogP contribution >= 0.6 is 0 Å². The molecule has 1 fully saturated rings. The SMILES string of the molecule is CCC1CCC1.CCCC. The van der Waals surface area contributed by atoms with Gasteiger partial charge in [-0.1, -0.05) is 59.3 Å². The summed E-state index contributed by atoms with van der Waals surface area (Å²) in [5, 5.41) is 0. The highest BCUT2D eigenvalue weighted by atomic mass is 14.2. The van der Waals surface area contributed by atoms with Crippen LogP contribution in [0.4, 0.5) is 0 Å². The van der Waals surface area contributed by atoms with Crippen LogP contribution in [0.3, 0.4) is 0 Å². The van der Waals surface area contributed by atoms with E-state index in [1.807, 2.05) is 0 Å². The maximum absolute atomic E-state index is 2.28. The third-order valence-electron chi connectivity index (χ3n) is 2.30. The number of hydrogen-bond acceptors (Lipinski definition) is 0. The third kappa shape index (κ3) is 4.84. The summed E-state index contributed by atoms with van der Waals surface area (Å²) in [6, 6.07) is 0. The van der Waals surface area contributed by atoms with E-state index >= 15 is 0 Å². The van der Waals surface area contributed by atoms with Crippen molar-refractivity contribution in [2.45, 2.75) is 59.3 Å². The van der Waals surface area contributed by atoms with Crippen molar-refractivity contribution in [2.75, 3.05) is 0 Å². The van der Waals surface area contributed by atoms with Gasteiger partial charge in [0.25, 0.3) is 0 Å². The first-order valence-electron chi connectivity index (χ1n) is 4.85. The predicted octanol–water partition coefficient (Wildman–Crippen LogP) is 4.00. The molecule has 1 aliphatic rings. The maximum atomic E-state index is 2.28. The molecule has 0 bridgehead atoms. The molecule has 0 nitrogen and oxygen atoms in total. The van der Waals surface area contributed by atoms with Gasteiger partial charge in [0.15, 0.2) is 0 Å². The normalized spacial score (nSPS) is 17.1. The van der Waals surface area contributed by atoms with E-state index in [0.717, 1.165) is 5.92 Å². The molecule has 0 heteroatoms. The van der Waals surface area contributed by atoms with Crippen molar-refractivity contribution in [1.29, 1.82) is 0 Å². The summed E-state index contributed by atoms with van der Waals surface area (Å²) in [7, 11) is 0. The van der Waals surface area contributed by atoms with Crippen molar-refractivity contribution in [3.8, 4) is 0 Å². The van der Waals surface area contributed by atoms with E-state index in [2.05, 4.69) is 20.8 Å². The van der Waals surface area contributed by atoms with Crippen LogP contribution in [0, 0.1) is 5.92 Å². The molecule has 62 valence electrons. The zero-order chi connectivity index (χ0) is 7.82. The molecule has 1 saturated carbocycles. The van der Waals surface area contributed by atoms with Crippen LogP contribution < -0.4 is 0 Å². The maximum Gasteiger partial charge on any atom is -0.0417 e. The van der Waals surface area contributed by atoms with Crippen molar-refractivity contribution in [2.24, 2.45) is 5.92 Å². The van der Waals surface area contributed by atoms with Crippen LogP contribution in [-0.2, 0) is 0 Å². The fourth-order valence-corrected chi connectivity index (χ4v) is 0.901. The summed E-state index contributed by atoms with van der Waals surface area (Å²) >= 11 is 0. The average Bonchev–Trinajstić information content (AvgIpc) is 1.87. The molecule has 0 atom stereocenters. The summed E-state index contributed by atoms with van der Waals surface area (Å²) in [5.74, 6) is 1.12. The first kappa shape index (κ1) is 10.0. The smallest absolute Gasteiger partial charge is 0.0417 e. The highest BCUT2D eigenvalue weighted by molar-refractivity contribution is 4.66. The lowest BCUT2D eigenvalue weighted by molar-refractivity contribution is 0.307. The minimum absolute atomic E-state index is 1.12. The van der Waals surface area contributed by atoms with Crippen molar-refractivity contribution < 1.29 is 0 Å². The molecule has 0 spiro atoms. The van der Waals surface area contributed by atoms with Crippen LogP contribution in [-0.4, -0.2) is 0 Å². The summed E-state index contributed by atoms with van der Waals surface area (Å²) < 4.78 is 0. The van der Waals surface area contributed by atoms with E-state index in [-0.39, 0.29) is 0 Å². The van der Waals surface area contributed by atoms with Gasteiger partial charge in [0.1, 0.15) is 0 Å². The molecule has 10 heavy (non-hydrogen) atoms. The Morgan fingerprint density at radius 1 is 1.00 bits per heavy atom. The van der Waals surface area contributed by atoms with Crippen LogP contribution in [0.5, 0.6) is 0 Å². The minimum atomic E-state index is 1.12. The molecule has 0 radical (unpaired) electrons. The third-order valence-corrected chi connectivity index (χ3v) is 2.30. The summed E-state index contributed by atoms with van der Waals surface area (Å²) in [4.78, 5) is 0. The molecule has 0 amide bonds. The second-order valence-electron chi connectivity index (χ2n) is 3.21. The zero-order valence-electron chi connectivity index (χ0n) is 7.82. The van der Waals surface area contributed by atoms with Gasteiger partial charge in [-0.15, -0.1) is 0 Å². The van der Waals surface area contributed by atoms with Gasteiger partial charge in [-0.2, -0.15) is 0 Å². The summed E-state index contributed by atoms with van der Waals surface area (Å²) in [6.45, 7) is 6.64. The second kappa shape index (κ2) is 7.11. The molecule has 1 aliphatic carbocycles. The average molecular weight is 142 g/mol. The monoisotopic (exact) mass is 142 g/mol. The van der Waals surface area contributed by atoms with Gasteiger partial charge in [0.2, 0.25) is 0 Å². The van der Waals surface area contributed by atoms with E-state index in [0.29, 0.717) is 0 Å². The number of rotatable bonds is 2. The molecular weight excluding hydrogens is 120 g/mol. The van der Waals surface area contributed by atoms with Gasteiger partial charge in [0, 0.05) is 0 Å². The highest BCUT2D eigenvalue weighted by Crippen LogP contribution is 2.28. The van der Waals surface area contributed by atoms with Crippen molar-refractivity contribution >= 4 is 0 Å². The molecule has 0 aromatic rings. The van der Waals surface area contributed by atoms with Crippen LogP contribution in [0.15, 0.2) is 0 Å². The Morgan fingerprint density at radius 3 is 1.50 bits per heavy atom.